The summed E-state index contributed by atoms with van der Waals surface area (Å²) in [6, 6.07) is 0.201. The quantitative estimate of drug-likeness (QED) is 0.412. The van der Waals surface area contributed by atoms with Crippen LogP contribution in [0.15, 0.2) is 12.2 Å². The topological polar surface area (TPSA) is 37.4 Å². The Bertz CT molecular complexity index is 418. The van der Waals surface area contributed by atoms with Crippen molar-refractivity contribution < 1.29 is 9.59 Å². The van der Waals surface area contributed by atoms with Crippen molar-refractivity contribution in [1.82, 2.24) is 4.90 Å². The normalized spacial score (nSPS) is 42.0. The molecule has 1 saturated heterocycles. The third-order valence-electron chi connectivity index (χ3n) is 5.69. The predicted molar refractivity (Wildman–Crippen MR) is 71.1 cm³/mol. The van der Waals surface area contributed by atoms with E-state index in [1.165, 1.54) is 25.7 Å². The van der Waals surface area contributed by atoms with Gasteiger partial charge >= 0.3 is 0 Å². The van der Waals surface area contributed by atoms with Crippen LogP contribution >= 0.6 is 0 Å². The Labute approximate surface area is 114 Å². The van der Waals surface area contributed by atoms with Gasteiger partial charge in [0.2, 0.25) is 11.8 Å². The van der Waals surface area contributed by atoms with Gasteiger partial charge in [0.05, 0.1) is 11.8 Å². The zero-order chi connectivity index (χ0) is 13.0. The van der Waals surface area contributed by atoms with Crippen molar-refractivity contribution in [1.29, 1.82) is 0 Å². The first-order valence-corrected chi connectivity index (χ1v) is 7.82. The van der Waals surface area contributed by atoms with Gasteiger partial charge in [0.15, 0.2) is 0 Å². The molecule has 102 valence electrons. The summed E-state index contributed by atoms with van der Waals surface area (Å²) in [5.74, 6) is 0.985. The van der Waals surface area contributed by atoms with Gasteiger partial charge in [-0.3, -0.25) is 14.5 Å². The van der Waals surface area contributed by atoms with Gasteiger partial charge in [-0.15, -0.1) is 0 Å². The van der Waals surface area contributed by atoms with Gasteiger partial charge in [-0.2, -0.15) is 0 Å². The summed E-state index contributed by atoms with van der Waals surface area (Å²) in [7, 11) is 0. The van der Waals surface area contributed by atoms with Crippen molar-refractivity contribution in [2.45, 2.75) is 51.0 Å². The highest BCUT2D eigenvalue weighted by atomic mass is 16.2. The average Bonchev–Trinajstić information content (AvgIpc) is 3.00. The summed E-state index contributed by atoms with van der Waals surface area (Å²) in [5.41, 5.74) is 0. The van der Waals surface area contributed by atoms with Crippen LogP contribution in [-0.4, -0.2) is 22.8 Å². The summed E-state index contributed by atoms with van der Waals surface area (Å²) >= 11 is 0. The largest absolute Gasteiger partial charge is 0.279 e. The molecule has 3 heteroatoms. The van der Waals surface area contributed by atoms with Crippen LogP contribution in [0.25, 0.3) is 0 Å². The second-order valence-electron chi connectivity index (χ2n) is 6.69. The van der Waals surface area contributed by atoms with Crippen LogP contribution in [0.5, 0.6) is 0 Å². The van der Waals surface area contributed by atoms with Crippen molar-refractivity contribution >= 4 is 11.8 Å². The van der Waals surface area contributed by atoms with E-state index in [9.17, 15) is 9.59 Å². The molecule has 0 spiro atoms. The van der Waals surface area contributed by atoms with Crippen LogP contribution < -0.4 is 0 Å². The summed E-state index contributed by atoms with van der Waals surface area (Å²) < 4.78 is 0. The van der Waals surface area contributed by atoms with Crippen LogP contribution in [0.4, 0.5) is 0 Å². The molecule has 0 N–H and O–H groups in total. The first kappa shape index (κ1) is 11.7. The van der Waals surface area contributed by atoms with Gasteiger partial charge in [0, 0.05) is 6.04 Å². The van der Waals surface area contributed by atoms with Crippen LogP contribution in [0, 0.1) is 23.7 Å². The number of allylic oxidation sites excluding steroid dienone is 2. The molecule has 0 unspecified atom stereocenters. The summed E-state index contributed by atoms with van der Waals surface area (Å²) in [5, 5.41) is 0. The molecule has 0 aromatic heterocycles. The number of carbonyl (C=O) groups is 2. The van der Waals surface area contributed by atoms with E-state index < -0.39 is 0 Å². The minimum absolute atomic E-state index is 0.00856. The van der Waals surface area contributed by atoms with Crippen molar-refractivity contribution in [3.8, 4) is 0 Å². The first-order valence-electron chi connectivity index (χ1n) is 7.82. The molecule has 1 aliphatic heterocycles. The maximum Gasteiger partial charge on any atom is 0.233 e. The molecule has 2 saturated carbocycles. The molecule has 3 nitrogen and oxygen atoms in total. The molecule has 0 aromatic carbocycles. The van der Waals surface area contributed by atoms with E-state index in [0.29, 0.717) is 11.8 Å². The molecule has 3 aliphatic carbocycles. The molecule has 0 radical (unpaired) electrons. The Kier molecular flexibility index (Phi) is 2.58. The summed E-state index contributed by atoms with van der Waals surface area (Å²) in [6.07, 6.45) is 12.3. The van der Waals surface area contributed by atoms with Gasteiger partial charge in [-0.1, -0.05) is 37.8 Å². The molecule has 2 bridgehead atoms. The number of imide groups is 1. The lowest BCUT2D eigenvalue weighted by atomic mass is 9.85. The highest BCUT2D eigenvalue weighted by molar-refractivity contribution is 6.06. The van der Waals surface area contributed by atoms with Crippen molar-refractivity contribution in [2.75, 3.05) is 0 Å². The van der Waals surface area contributed by atoms with Crippen molar-refractivity contribution in [3.63, 3.8) is 0 Å². The predicted octanol–water partition coefficient (Wildman–Crippen LogP) is 2.52. The number of nitrogens with zero attached hydrogens (tertiary/aromatic N) is 1. The van der Waals surface area contributed by atoms with E-state index in [2.05, 4.69) is 12.2 Å². The highest BCUT2D eigenvalue weighted by Gasteiger charge is 2.60. The number of rotatable bonds is 1. The molecule has 1 heterocycles. The van der Waals surface area contributed by atoms with Gasteiger partial charge in [-0.25, -0.2) is 0 Å². The molecule has 3 fully saturated rings. The van der Waals surface area contributed by atoms with E-state index in [4.69, 9.17) is 0 Å². The molecular formula is C16H21NO2. The summed E-state index contributed by atoms with van der Waals surface area (Å²) in [6.45, 7) is 0. The van der Waals surface area contributed by atoms with Gasteiger partial charge in [0.1, 0.15) is 0 Å². The molecular weight excluding hydrogens is 238 g/mol. The average molecular weight is 259 g/mol. The van der Waals surface area contributed by atoms with Crippen LogP contribution in [-0.2, 0) is 9.59 Å². The third kappa shape index (κ3) is 1.56. The summed E-state index contributed by atoms with van der Waals surface area (Å²) in [4.78, 5) is 27.0. The number of fused-ring (bicyclic) bond motifs is 5. The molecule has 4 atom stereocenters. The van der Waals surface area contributed by atoms with E-state index in [1.54, 1.807) is 4.90 Å². The SMILES string of the molecule is O=C1[C@@H]2[C@H](C(=O)N1C1CCCCCC1)[C@H]1C=C[C@H]2C1. The third-order valence-corrected chi connectivity index (χ3v) is 5.69. The lowest BCUT2D eigenvalue weighted by molar-refractivity contribution is -0.143. The fraction of sp³-hybridized carbons (Fsp3) is 0.750. The maximum absolute atomic E-state index is 12.7. The smallest absolute Gasteiger partial charge is 0.233 e. The van der Waals surface area contributed by atoms with E-state index in [-0.39, 0.29) is 29.7 Å². The Morgan fingerprint density at radius 3 is 1.89 bits per heavy atom. The molecule has 19 heavy (non-hydrogen) atoms. The Morgan fingerprint density at radius 2 is 1.37 bits per heavy atom. The zero-order valence-electron chi connectivity index (χ0n) is 11.3. The number of hydrogen-bond acceptors (Lipinski definition) is 2. The minimum Gasteiger partial charge on any atom is -0.279 e. The van der Waals surface area contributed by atoms with Gasteiger partial charge < -0.3 is 0 Å². The molecule has 4 rings (SSSR count). The Balaban J connectivity index is 1.61. The number of amides is 2. The van der Waals surface area contributed by atoms with Gasteiger partial charge in [-0.05, 0) is 31.1 Å². The van der Waals surface area contributed by atoms with Crippen LogP contribution in [0.3, 0.4) is 0 Å². The fourth-order valence-corrected chi connectivity index (χ4v) is 4.80. The molecule has 0 aromatic rings. The minimum atomic E-state index is -0.00856. The van der Waals surface area contributed by atoms with Crippen molar-refractivity contribution in [2.24, 2.45) is 23.7 Å². The second kappa shape index (κ2) is 4.19. The maximum atomic E-state index is 12.7. The number of carbonyl (C=O) groups excluding carboxylic acids is 2. The molecule has 2 amide bonds. The Hall–Kier alpha value is -1.12. The number of likely N-dealkylation sites (tertiary alicyclic amines) is 1. The van der Waals surface area contributed by atoms with Crippen LogP contribution in [0.1, 0.15) is 44.9 Å². The monoisotopic (exact) mass is 259 g/mol. The fourth-order valence-electron chi connectivity index (χ4n) is 4.80. The lowest BCUT2D eigenvalue weighted by Gasteiger charge is -2.26. The zero-order valence-corrected chi connectivity index (χ0v) is 11.3. The van der Waals surface area contributed by atoms with Crippen molar-refractivity contribution in [3.05, 3.63) is 12.2 Å². The van der Waals surface area contributed by atoms with E-state index in [1.807, 2.05) is 0 Å². The highest BCUT2D eigenvalue weighted by Crippen LogP contribution is 2.53. The van der Waals surface area contributed by atoms with Gasteiger partial charge in [0.25, 0.3) is 0 Å². The Morgan fingerprint density at radius 1 is 0.842 bits per heavy atom. The van der Waals surface area contributed by atoms with E-state index >= 15 is 0 Å². The first-order chi connectivity index (χ1) is 9.27. The van der Waals surface area contributed by atoms with Crippen LogP contribution in [0.2, 0.25) is 0 Å². The second-order valence-corrected chi connectivity index (χ2v) is 6.69. The number of hydrogen-bond donors (Lipinski definition) is 0. The standard InChI is InChI=1S/C16H21NO2/c18-15-13-10-7-8-11(9-10)14(13)16(19)17(15)12-5-3-1-2-4-6-12/h7-8,10-14H,1-6,9H2/t10-,11-,13-,14+/m0/s1. The van der Waals surface area contributed by atoms with E-state index in [0.717, 1.165) is 19.3 Å². The lowest BCUT2D eigenvalue weighted by Crippen LogP contribution is -2.41. The molecule has 4 aliphatic rings.